The van der Waals surface area contributed by atoms with Crippen molar-refractivity contribution in [3.63, 3.8) is 0 Å². The molecule has 12 heteroatoms. The SMILES string of the molecule is CC(=O)N[C@H]1[C@H](O[C@@H]2[C@@H](O)[C@@H](O)O[C@H](CO)[C@H]2O)O[C@H](CO)[C@H](O)[C@@H]1O. The molecule has 2 saturated heterocycles. The molecule has 0 aromatic carbocycles. The van der Waals surface area contributed by atoms with E-state index in [9.17, 15) is 40.5 Å². The second-order valence-corrected chi connectivity index (χ2v) is 6.26. The van der Waals surface area contributed by atoms with Crippen LogP contribution in [0.25, 0.3) is 0 Å². The van der Waals surface area contributed by atoms with Crippen LogP contribution in [0.15, 0.2) is 0 Å². The Balaban J connectivity index is 2.22. The molecule has 8 N–H and O–H groups in total. The van der Waals surface area contributed by atoms with Crippen LogP contribution < -0.4 is 5.32 Å². The average Bonchev–Trinajstić information content (AvgIpc) is 2.60. The fraction of sp³-hybridized carbons (Fsp3) is 0.929. The summed E-state index contributed by atoms with van der Waals surface area (Å²) in [7, 11) is 0. The van der Waals surface area contributed by atoms with Crippen molar-refractivity contribution >= 4 is 5.91 Å². The van der Waals surface area contributed by atoms with Gasteiger partial charge in [-0.05, 0) is 0 Å². The van der Waals surface area contributed by atoms with Gasteiger partial charge in [0.2, 0.25) is 5.91 Å². The number of hydrogen-bond donors (Lipinski definition) is 8. The highest BCUT2D eigenvalue weighted by atomic mass is 16.7. The highest BCUT2D eigenvalue weighted by Crippen LogP contribution is 2.28. The van der Waals surface area contributed by atoms with Gasteiger partial charge < -0.3 is 55.3 Å². The molecule has 152 valence electrons. The van der Waals surface area contributed by atoms with E-state index in [0.29, 0.717) is 0 Å². The molecule has 2 rings (SSSR count). The molecule has 12 nitrogen and oxygen atoms in total. The van der Waals surface area contributed by atoms with E-state index in [2.05, 4.69) is 5.32 Å². The zero-order valence-corrected chi connectivity index (χ0v) is 14.0. The van der Waals surface area contributed by atoms with Crippen LogP contribution in [0.2, 0.25) is 0 Å². The molecule has 0 unspecified atom stereocenters. The number of rotatable bonds is 5. The molecule has 0 saturated carbocycles. The van der Waals surface area contributed by atoms with E-state index in [4.69, 9.17) is 14.2 Å². The fourth-order valence-electron chi connectivity index (χ4n) is 2.97. The van der Waals surface area contributed by atoms with E-state index in [1.54, 1.807) is 0 Å². The first-order valence-corrected chi connectivity index (χ1v) is 8.06. The summed E-state index contributed by atoms with van der Waals surface area (Å²) in [6, 6.07) is -1.29. The van der Waals surface area contributed by atoms with E-state index in [0.717, 1.165) is 6.92 Å². The summed E-state index contributed by atoms with van der Waals surface area (Å²) >= 11 is 0. The maximum absolute atomic E-state index is 11.4. The second kappa shape index (κ2) is 8.84. The summed E-state index contributed by atoms with van der Waals surface area (Å²) in [6.07, 6.45) is -13.7. The van der Waals surface area contributed by atoms with Gasteiger partial charge in [0.05, 0.1) is 13.2 Å². The van der Waals surface area contributed by atoms with Gasteiger partial charge in [0, 0.05) is 6.92 Å². The highest BCUT2D eigenvalue weighted by Gasteiger charge is 2.50. The lowest BCUT2D eigenvalue weighted by atomic mass is 9.95. The minimum atomic E-state index is -1.77. The van der Waals surface area contributed by atoms with E-state index in [-0.39, 0.29) is 0 Å². The van der Waals surface area contributed by atoms with Gasteiger partial charge in [-0.3, -0.25) is 4.79 Å². The maximum atomic E-state index is 11.4. The predicted octanol–water partition coefficient (Wildman–Crippen LogP) is -5.25. The Morgan fingerprint density at radius 2 is 1.50 bits per heavy atom. The lowest BCUT2D eigenvalue weighted by Crippen LogP contribution is -2.67. The van der Waals surface area contributed by atoms with Crippen molar-refractivity contribution in [2.24, 2.45) is 0 Å². The summed E-state index contributed by atoms with van der Waals surface area (Å²) in [4.78, 5) is 11.4. The maximum Gasteiger partial charge on any atom is 0.217 e. The van der Waals surface area contributed by atoms with Gasteiger partial charge in [-0.2, -0.15) is 0 Å². The van der Waals surface area contributed by atoms with Crippen LogP contribution in [0.1, 0.15) is 6.92 Å². The third kappa shape index (κ3) is 4.31. The smallest absolute Gasteiger partial charge is 0.217 e. The van der Waals surface area contributed by atoms with Gasteiger partial charge in [-0.15, -0.1) is 0 Å². The Bertz CT molecular complexity index is 480. The van der Waals surface area contributed by atoms with Crippen LogP contribution in [0, 0.1) is 0 Å². The summed E-state index contributed by atoms with van der Waals surface area (Å²) < 4.78 is 15.6. The first-order valence-electron chi connectivity index (χ1n) is 8.06. The van der Waals surface area contributed by atoms with E-state index >= 15 is 0 Å². The third-order valence-corrected chi connectivity index (χ3v) is 4.38. The zero-order chi connectivity index (χ0) is 19.6. The van der Waals surface area contributed by atoms with Crippen molar-refractivity contribution in [2.75, 3.05) is 13.2 Å². The quantitative estimate of drug-likeness (QED) is 0.226. The molecule has 26 heavy (non-hydrogen) atoms. The standard InChI is InChI=1S/C14H25NO11/c1-4(18)15-7-10(21)8(19)5(2-16)25-14(7)26-12-9(20)6(3-17)24-13(23)11(12)22/h5-14,16-17,19-23H,2-3H2,1H3,(H,15,18)/t5-,6-,7-,8+,9-,10-,11-,12+,13+,14+/m1/s1. The molecule has 10 atom stereocenters. The predicted molar refractivity (Wildman–Crippen MR) is 80.2 cm³/mol. The Hall–Kier alpha value is -0.930. The molecule has 0 aromatic rings. The molecule has 2 aliphatic rings. The van der Waals surface area contributed by atoms with Crippen LogP contribution >= 0.6 is 0 Å². The van der Waals surface area contributed by atoms with Crippen molar-refractivity contribution in [1.82, 2.24) is 5.32 Å². The van der Waals surface area contributed by atoms with Crippen molar-refractivity contribution < 1.29 is 54.8 Å². The van der Waals surface area contributed by atoms with Gasteiger partial charge in [0.25, 0.3) is 0 Å². The first-order chi connectivity index (χ1) is 12.2. The molecule has 0 radical (unpaired) electrons. The average molecular weight is 383 g/mol. The molecular weight excluding hydrogens is 358 g/mol. The highest BCUT2D eigenvalue weighted by molar-refractivity contribution is 5.73. The van der Waals surface area contributed by atoms with Gasteiger partial charge in [0.1, 0.15) is 48.8 Å². The minimum Gasteiger partial charge on any atom is -0.394 e. The van der Waals surface area contributed by atoms with Crippen molar-refractivity contribution in [3.8, 4) is 0 Å². The number of aliphatic hydroxyl groups is 7. The first kappa shape index (κ1) is 21.4. The molecule has 1 amide bonds. The number of hydrogen-bond acceptors (Lipinski definition) is 11. The summed E-state index contributed by atoms with van der Waals surface area (Å²) in [5.74, 6) is -0.581. The molecule has 2 aliphatic heterocycles. The zero-order valence-electron chi connectivity index (χ0n) is 14.0. The lowest BCUT2D eigenvalue weighted by Gasteiger charge is -2.46. The number of nitrogens with one attached hydrogen (secondary N) is 1. The van der Waals surface area contributed by atoms with Gasteiger partial charge in [0.15, 0.2) is 12.6 Å². The molecule has 0 aromatic heterocycles. The molecule has 2 fully saturated rings. The van der Waals surface area contributed by atoms with Crippen LogP contribution in [-0.4, -0.2) is 116 Å². The Kier molecular flexibility index (Phi) is 7.27. The second-order valence-electron chi connectivity index (χ2n) is 6.26. The Morgan fingerprint density at radius 1 is 0.923 bits per heavy atom. The summed E-state index contributed by atoms with van der Waals surface area (Å²) in [5.41, 5.74) is 0. The van der Waals surface area contributed by atoms with Crippen molar-refractivity contribution in [2.45, 2.75) is 68.3 Å². The largest absolute Gasteiger partial charge is 0.394 e. The monoisotopic (exact) mass is 383 g/mol. The Morgan fingerprint density at radius 3 is 2.04 bits per heavy atom. The summed E-state index contributed by atoms with van der Waals surface area (Å²) in [5, 5.41) is 70.8. The molecular formula is C14H25NO11. The molecule has 2 heterocycles. The summed E-state index contributed by atoms with van der Waals surface area (Å²) in [6.45, 7) is -0.199. The normalized spacial score (nSPS) is 46.8. The minimum absolute atomic E-state index is 0.581. The molecule has 0 spiro atoms. The van der Waals surface area contributed by atoms with Gasteiger partial charge in [-0.1, -0.05) is 0 Å². The van der Waals surface area contributed by atoms with E-state index in [1.807, 2.05) is 0 Å². The lowest BCUT2D eigenvalue weighted by molar-refractivity contribution is -0.341. The van der Waals surface area contributed by atoms with Gasteiger partial charge in [-0.25, -0.2) is 0 Å². The van der Waals surface area contributed by atoms with E-state index < -0.39 is 80.5 Å². The number of carbonyl (C=O) groups is 1. The van der Waals surface area contributed by atoms with Crippen molar-refractivity contribution in [1.29, 1.82) is 0 Å². The van der Waals surface area contributed by atoms with Crippen LogP contribution in [0.4, 0.5) is 0 Å². The number of aliphatic hydroxyl groups excluding tert-OH is 7. The topological polar surface area (TPSA) is 198 Å². The van der Waals surface area contributed by atoms with Crippen LogP contribution in [0.3, 0.4) is 0 Å². The van der Waals surface area contributed by atoms with Gasteiger partial charge >= 0.3 is 0 Å². The van der Waals surface area contributed by atoms with Crippen LogP contribution in [0.5, 0.6) is 0 Å². The number of amides is 1. The van der Waals surface area contributed by atoms with E-state index in [1.165, 1.54) is 0 Å². The molecule has 0 bridgehead atoms. The fourth-order valence-corrected chi connectivity index (χ4v) is 2.97. The Labute approximate surface area is 148 Å². The third-order valence-electron chi connectivity index (χ3n) is 4.38. The van der Waals surface area contributed by atoms with Crippen LogP contribution in [-0.2, 0) is 19.0 Å². The molecule has 0 aliphatic carbocycles. The number of ether oxygens (including phenoxy) is 3. The van der Waals surface area contributed by atoms with Crippen molar-refractivity contribution in [3.05, 3.63) is 0 Å². The number of carbonyl (C=O) groups excluding carboxylic acids is 1.